The minimum absolute atomic E-state index is 0.0616. The van der Waals surface area contributed by atoms with Crippen LogP contribution in [0, 0.1) is 11.3 Å². The summed E-state index contributed by atoms with van der Waals surface area (Å²) in [5, 5.41) is 10.3. The summed E-state index contributed by atoms with van der Waals surface area (Å²) in [7, 11) is 0. The predicted octanol–water partition coefficient (Wildman–Crippen LogP) is 3.44. The minimum Gasteiger partial charge on any atom is -0.393 e. The third-order valence-corrected chi connectivity index (χ3v) is 5.19. The average Bonchev–Trinajstić information content (AvgIpc) is 2.83. The largest absolute Gasteiger partial charge is 0.393 e. The van der Waals surface area contributed by atoms with E-state index in [1.54, 1.807) is 0 Å². The first kappa shape index (κ1) is 14.3. The highest BCUT2D eigenvalue weighted by Gasteiger charge is 2.35. The second-order valence-electron chi connectivity index (χ2n) is 7.26. The van der Waals surface area contributed by atoms with Gasteiger partial charge in [-0.2, -0.15) is 0 Å². The number of aliphatic hydroxyl groups excluding tert-OH is 1. The molecule has 0 spiro atoms. The maximum atomic E-state index is 10.3. The Balaban J connectivity index is 1.92. The number of nitrogens with zero attached hydrogens (tertiary/aromatic N) is 1. The van der Waals surface area contributed by atoms with E-state index in [1.165, 1.54) is 38.5 Å². The van der Waals surface area contributed by atoms with Crippen molar-refractivity contribution < 1.29 is 5.11 Å². The zero-order chi connectivity index (χ0) is 13.2. The van der Waals surface area contributed by atoms with E-state index >= 15 is 0 Å². The van der Waals surface area contributed by atoms with Gasteiger partial charge in [-0.05, 0) is 50.0 Å². The summed E-state index contributed by atoms with van der Waals surface area (Å²) < 4.78 is 0. The fourth-order valence-corrected chi connectivity index (χ4v) is 4.02. The fraction of sp³-hybridized carbons (Fsp3) is 1.00. The Morgan fingerprint density at radius 2 is 1.83 bits per heavy atom. The third-order valence-electron chi connectivity index (χ3n) is 5.19. The van der Waals surface area contributed by atoms with Crippen molar-refractivity contribution in [2.45, 2.75) is 77.9 Å². The molecule has 2 atom stereocenters. The van der Waals surface area contributed by atoms with Crippen molar-refractivity contribution in [3.05, 3.63) is 0 Å². The molecule has 2 heteroatoms. The molecule has 0 aromatic rings. The second-order valence-corrected chi connectivity index (χ2v) is 7.26. The Morgan fingerprint density at radius 1 is 1.17 bits per heavy atom. The summed E-state index contributed by atoms with van der Waals surface area (Å²) in [6, 6.07) is 0.798. The molecule has 18 heavy (non-hydrogen) atoms. The first-order chi connectivity index (χ1) is 8.52. The Kier molecular flexibility index (Phi) is 4.71. The molecular weight excluding hydrogens is 222 g/mol. The summed E-state index contributed by atoms with van der Waals surface area (Å²) in [5.74, 6) is 0.495. The number of hydrogen-bond acceptors (Lipinski definition) is 2. The summed E-state index contributed by atoms with van der Waals surface area (Å²) in [4.78, 5) is 2.64. The van der Waals surface area contributed by atoms with Crippen LogP contribution in [-0.4, -0.2) is 35.2 Å². The van der Waals surface area contributed by atoms with Gasteiger partial charge < -0.3 is 10.0 Å². The lowest BCUT2D eigenvalue weighted by Crippen LogP contribution is -2.44. The maximum Gasteiger partial charge on any atom is 0.0581 e. The molecule has 2 unspecified atom stereocenters. The van der Waals surface area contributed by atoms with Crippen LogP contribution in [0.15, 0.2) is 0 Å². The molecule has 2 fully saturated rings. The molecule has 0 bridgehead atoms. The minimum atomic E-state index is -0.0616. The molecule has 1 N–H and O–H groups in total. The summed E-state index contributed by atoms with van der Waals surface area (Å²) in [6.45, 7) is 9.26. The Bertz CT molecular complexity index is 258. The van der Waals surface area contributed by atoms with Gasteiger partial charge in [0.2, 0.25) is 0 Å². The van der Waals surface area contributed by atoms with Gasteiger partial charge in [0, 0.05) is 12.6 Å². The molecule has 0 aliphatic heterocycles. The van der Waals surface area contributed by atoms with Crippen molar-refractivity contribution in [3.8, 4) is 0 Å². The van der Waals surface area contributed by atoms with E-state index in [2.05, 4.69) is 25.7 Å². The highest BCUT2D eigenvalue weighted by molar-refractivity contribution is 4.88. The zero-order valence-corrected chi connectivity index (χ0v) is 12.5. The van der Waals surface area contributed by atoms with Crippen LogP contribution in [0.25, 0.3) is 0 Å². The maximum absolute atomic E-state index is 10.3. The van der Waals surface area contributed by atoms with E-state index in [4.69, 9.17) is 0 Å². The molecule has 2 aliphatic rings. The van der Waals surface area contributed by atoms with Crippen LogP contribution in [0.2, 0.25) is 0 Å². The van der Waals surface area contributed by atoms with Crippen molar-refractivity contribution in [2.24, 2.45) is 11.3 Å². The van der Waals surface area contributed by atoms with Gasteiger partial charge in [-0.1, -0.05) is 33.6 Å². The van der Waals surface area contributed by atoms with E-state index in [0.29, 0.717) is 11.3 Å². The quantitative estimate of drug-likeness (QED) is 0.829. The van der Waals surface area contributed by atoms with Gasteiger partial charge in [0.05, 0.1) is 6.10 Å². The van der Waals surface area contributed by atoms with Gasteiger partial charge in [0.1, 0.15) is 0 Å². The molecule has 2 saturated carbocycles. The average molecular weight is 253 g/mol. The van der Waals surface area contributed by atoms with Crippen molar-refractivity contribution in [3.63, 3.8) is 0 Å². The van der Waals surface area contributed by atoms with Gasteiger partial charge in [-0.15, -0.1) is 0 Å². The molecule has 0 aromatic carbocycles. The molecule has 106 valence electrons. The lowest BCUT2D eigenvalue weighted by Gasteiger charge is -2.41. The highest BCUT2D eigenvalue weighted by Crippen LogP contribution is 2.39. The van der Waals surface area contributed by atoms with E-state index in [1.807, 2.05) is 0 Å². The van der Waals surface area contributed by atoms with E-state index in [0.717, 1.165) is 25.6 Å². The SMILES string of the molecule is CCN(CC1CC(C)(C)CCC1O)C1CCCC1. The van der Waals surface area contributed by atoms with E-state index < -0.39 is 0 Å². The molecular formula is C16H31NO. The predicted molar refractivity (Wildman–Crippen MR) is 76.6 cm³/mol. The number of rotatable bonds is 4. The third kappa shape index (κ3) is 3.48. The first-order valence-electron chi connectivity index (χ1n) is 7.94. The molecule has 2 nitrogen and oxygen atoms in total. The van der Waals surface area contributed by atoms with E-state index in [-0.39, 0.29) is 6.10 Å². The zero-order valence-electron chi connectivity index (χ0n) is 12.5. The topological polar surface area (TPSA) is 23.5 Å². The Hall–Kier alpha value is -0.0800. The van der Waals surface area contributed by atoms with Gasteiger partial charge in [0.15, 0.2) is 0 Å². The lowest BCUT2D eigenvalue weighted by atomic mass is 9.70. The Labute approximate surface area is 113 Å². The van der Waals surface area contributed by atoms with Gasteiger partial charge in [-0.25, -0.2) is 0 Å². The molecule has 0 amide bonds. The van der Waals surface area contributed by atoms with Crippen LogP contribution in [0.5, 0.6) is 0 Å². The smallest absolute Gasteiger partial charge is 0.0581 e. The normalized spacial score (nSPS) is 33.2. The second kappa shape index (κ2) is 5.92. The van der Waals surface area contributed by atoms with Crippen molar-refractivity contribution in [2.75, 3.05) is 13.1 Å². The van der Waals surface area contributed by atoms with Crippen LogP contribution in [-0.2, 0) is 0 Å². The standard InChI is InChI=1S/C16H31NO/c1-4-17(14-7-5-6-8-14)12-13-11-16(2,3)10-9-15(13)18/h13-15,18H,4-12H2,1-3H3. The van der Waals surface area contributed by atoms with Gasteiger partial charge in [0.25, 0.3) is 0 Å². The molecule has 0 saturated heterocycles. The van der Waals surface area contributed by atoms with Crippen molar-refractivity contribution >= 4 is 0 Å². The molecule has 0 aromatic heterocycles. The first-order valence-corrected chi connectivity index (χ1v) is 7.94. The summed E-state index contributed by atoms with van der Waals surface area (Å²) in [5.41, 5.74) is 0.430. The summed E-state index contributed by atoms with van der Waals surface area (Å²) >= 11 is 0. The van der Waals surface area contributed by atoms with Gasteiger partial charge in [-0.3, -0.25) is 0 Å². The molecule has 2 rings (SSSR count). The molecule has 2 aliphatic carbocycles. The number of aliphatic hydroxyl groups is 1. The Morgan fingerprint density at radius 3 is 2.44 bits per heavy atom. The number of hydrogen-bond donors (Lipinski definition) is 1. The van der Waals surface area contributed by atoms with Crippen molar-refractivity contribution in [1.29, 1.82) is 0 Å². The van der Waals surface area contributed by atoms with Crippen LogP contribution < -0.4 is 0 Å². The lowest BCUT2D eigenvalue weighted by molar-refractivity contribution is -0.00141. The highest BCUT2D eigenvalue weighted by atomic mass is 16.3. The summed E-state index contributed by atoms with van der Waals surface area (Å²) in [6.07, 6.45) is 8.87. The van der Waals surface area contributed by atoms with Crippen LogP contribution in [0.1, 0.15) is 65.7 Å². The van der Waals surface area contributed by atoms with Crippen LogP contribution in [0.4, 0.5) is 0 Å². The monoisotopic (exact) mass is 253 g/mol. The van der Waals surface area contributed by atoms with Crippen molar-refractivity contribution in [1.82, 2.24) is 4.90 Å². The molecule has 0 heterocycles. The molecule has 0 radical (unpaired) electrons. The van der Waals surface area contributed by atoms with E-state index in [9.17, 15) is 5.11 Å². The fourth-order valence-electron chi connectivity index (χ4n) is 4.02. The van der Waals surface area contributed by atoms with Gasteiger partial charge >= 0.3 is 0 Å². The van der Waals surface area contributed by atoms with Crippen LogP contribution >= 0.6 is 0 Å². The van der Waals surface area contributed by atoms with Crippen LogP contribution in [0.3, 0.4) is 0 Å².